The van der Waals surface area contributed by atoms with Gasteiger partial charge in [0, 0.05) is 18.2 Å². The van der Waals surface area contributed by atoms with Crippen LogP contribution in [0.1, 0.15) is 36.5 Å². The summed E-state index contributed by atoms with van der Waals surface area (Å²) in [5, 5.41) is 12.3. The van der Waals surface area contributed by atoms with Gasteiger partial charge in [0.1, 0.15) is 11.9 Å². The lowest BCUT2D eigenvalue weighted by molar-refractivity contribution is -0.122. The molecular formula is C17H23N5O2. The summed E-state index contributed by atoms with van der Waals surface area (Å²) in [6.45, 7) is 5.83. The van der Waals surface area contributed by atoms with Crippen LogP contribution in [0.4, 0.5) is 0 Å². The molecule has 0 saturated carbocycles. The van der Waals surface area contributed by atoms with Gasteiger partial charge in [-0.1, -0.05) is 26.0 Å². The molecule has 0 aliphatic carbocycles. The fraction of sp³-hybridized carbons (Fsp3) is 0.412. The molecule has 24 heavy (non-hydrogen) atoms. The summed E-state index contributed by atoms with van der Waals surface area (Å²) in [6.07, 6.45) is 0.575. The van der Waals surface area contributed by atoms with Crippen LogP contribution >= 0.6 is 0 Å². The van der Waals surface area contributed by atoms with Gasteiger partial charge in [-0.15, -0.1) is 0 Å². The fourth-order valence-corrected chi connectivity index (χ4v) is 2.39. The van der Waals surface area contributed by atoms with Crippen LogP contribution in [0, 0.1) is 12.8 Å². The standard InChI is InChI=1S/C17H23N5O2/c1-10(2)8-14(17(24)18-4)20-16(23)13-7-5-6-12(9-13)15-19-11(3)21-22-15/h5-7,9-10,14H,8H2,1-4H3,(H,18,24)(H,20,23)(H,19,21,22)/t14-/m1/s1. The summed E-state index contributed by atoms with van der Waals surface area (Å²) in [6, 6.07) is 6.47. The summed E-state index contributed by atoms with van der Waals surface area (Å²) >= 11 is 0. The van der Waals surface area contributed by atoms with Crippen molar-refractivity contribution in [1.82, 2.24) is 25.8 Å². The third-order valence-electron chi connectivity index (χ3n) is 3.56. The smallest absolute Gasteiger partial charge is 0.251 e. The normalized spacial score (nSPS) is 12.0. The summed E-state index contributed by atoms with van der Waals surface area (Å²) in [7, 11) is 1.56. The van der Waals surface area contributed by atoms with Crippen LogP contribution in [0.3, 0.4) is 0 Å². The number of rotatable bonds is 6. The van der Waals surface area contributed by atoms with E-state index < -0.39 is 6.04 Å². The topological polar surface area (TPSA) is 99.8 Å². The third-order valence-corrected chi connectivity index (χ3v) is 3.56. The first-order chi connectivity index (χ1) is 11.4. The minimum Gasteiger partial charge on any atom is -0.357 e. The molecule has 7 nitrogen and oxygen atoms in total. The highest BCUT2D eigenvalue weighted by molar-refractivity contribution is 5.98. The molecule has 0 unspecified atom stereocenters. The highest BCUT2D eigenvalue weighted by Crippen LogP contribution is 2.16. The minimum atomic E-state index is -0.558. The first kappa shape index (κ1) is 17.7. The lowest BCUT2D eigenvalue weighted by atomic mass is 10.0. The number of benzene rings is 1. The highest BCUT2D eigenvalue weighted by atomic mass is 16.2. The van der Waals surface area contributed by atoms with Crippen molar-refractivity contribution in [2.45, 2.75) is 33.2 Å². The Morgan fingerprint density at radius 2 is 2.04 bits per heavy atom. The number of aromatic amines is 1. The van der Waals surface area contributed by atoms with Crippen molar-refractivity contribution >= 4 is 11.8 Å². The SMILES string of the molecule is CNC(=O)[C@@H](CC(C)C)NC(=O)c1cccc(-c2n[nH]c(C)n2)c1. The molecule has 1 atom stereocenters. The molecule has 128 valence electrons. The van der Waals surface area contributed by atoms with Crippen LogP contribution < -0.4 is 10.6 Å². The Morgan fingerprint density at radius 3 is 2.62 bits per heavy atom. The molecule has 1 heterocycles. The Balaban J connectivity index is 2.18. The van der Waals surface area contributed by atoms with E-state index in [0.29, 0.717) is 23.6 Å². The van der Waals surface area contributed by atoms with E-state index in [1.807, 2.05) is 26.8 Å². The number of hydrogen-bond acceptors (Lipinski definition) is 4. The number of amides is 2. The first-order valence-electron chi connectivity index (χ1n) is 7.92. The Morgan fingerprint density at radius 1 is 1.29 bits per heavy atom. The van der Waals surface area contributed by atoms with Crippen LogP contribution in [0.15, 0.2) is 24.3 Å². The largest absolute Gasteiger partial charge is 0.357 e. The number of nitrogens with one attached hydrogen (secondary N) is 3. The molecule has 0 aliphatic rings. The monoisotopic (exact) mass is 329 g/mol. The van der Waals surface area contributed by atoms with E-state index in [-0.39, 0.29) is 17.7 Å². The zero-order chi connectivity index (χ0) is 17.7. The first-order valence-corrected chi connectivity index (χ1v) is 7.92. The maximum absolute atomic E-state index is 12.5. The Kier molecular flexibility index (Phi) is 5.68. The maximum atomic E-state index is 12.5. The quantitative estimate of drug-likeness (QED) is 0.750. The number of aromatic nitrogens is 3. The van der Waals surface area contributed by atoms with Gasteiger partial charge in [-0.25, -0.2) is 4.98 Å². The van der Waals surface area contributed by atoms with E-state index in [4.69, 9.17) is 0 Å². The molecule has 2 rings (SSSR count). The minimum absolute atomic E-state index is 0.196. The van der Waals surface area contributed by atoms with E-state index in [1.165, 1.54) is 0 Å². The van der Waals surface area contributed by atoms with E-state index >= 15 is 0 Å². The van der Waals surface area contributed by atoms with Gasteiger partial charge < -0.3 is 10.6 Å². The lowest BCUT2D eigenvalue weighted by Crippen LogP contribution is -2.46. The van der Waals surface area contributed by atoms with Crippen molar-refractivity contribution in [2.75, 3.05) is 7.05 Å². The molecule has 0 radical (unpaired) electrons. The third kappa shape index (κ3) is 4.41. The molecule has 0 saturated heterocycles. The van der Waals surface area contributed by atoms with Crippen LogP contribution in [-0.4, -0.2) is 40.1 Å². The predicted octanol–water partition coefficient (Wildman–Crippen LogP) is 1.67. The van der Waals surface area contributed by atoms with E-state index in [1.54, 1.807) is 25.2 Å². The van der Waals surface area contributed by atoms with Gasteiger partial charge in [-0.3, -0.25) is 14.7 Å². The predicted molar refractivity (Wildman–Crippen MR) is 91.3 cm³/mol. The second-order valence-electron chi connectivity index (χ2n) is 6.10. The number of H-pyrrole nitrogens is 1. The molecule has 0 aliphatic heterocycles. The zero-order valence-corrected chi connectivity index (χ0v) is 14.4. The molecule has 2 aromatic rings. The number of carbonyl (C=O) groups excluding carboxylic acids is 2. The molecule has 2 amide bonds. The van der Waals surface area contributed by atoms with Gasteiger partial charge in [0.2, 0.25) is 5.91 Å². The summed E-state index contributed by atoms with van der Waals surface area (Å²) in [5.74, 6) is 1.04. The summed E-state index contributed by atoms with van der Waals surface area (Å²) < 4.78 is 0. The van der Waals surface area contributed by atoms with Crippen molar-refractivity contribution in [1.29, 1.82) is 0 Å². The molecule has 7 heteroatoms. The van der Waals surface area contributed by atoms with Gasteiger partial charge in [-0.2, -0.15) is 5.10 Å². The van der Waals surface area contributed by atoms with Gasteiger partial charge >= 0.3 is 0 Å². The molecule has 0 spiro atoms. The number of carbonyl (C=O) groups is 2. The summed E-state index contributed by atoms with van der Waals surface area (Å²) in [4.78, 5) is 28.7. The van der Waals surface area contributed by atoms with E-state index in [2.05, 4.69) is 25.8 Å². The van der Waals surface area contributed by atoms with Crippen molar-refractivity contribution in [3.8, 4) is 11.4 Å². The molecule has 3 N–H and O–H groups in total. The molecule has 1 aromatic heterocycles. The summed E-state index contributed by atoms with van der Waals surface area (Å²) in [5.41, 5.74) is 1.21. The average molecular weight is 329 g/mol. The lowest BCUT2D eigenvalue weighted by Gasteiger charge is -2.19. The Hall–Kier alpha value is -2.70. The van der Waals surface area contributed by atoms with Gasteiger partial charge in [0.25, 0.3) is 5.91 Å². The average Bonchev–Trinajstić information content (AvgIpc) is 2.99. The van der Waals surface area contributed by atoms with Crippen molar-refractivity contribution in [2.24, 2.45) is 5.92 Å². The number of nitrogens with zero attached hydrogens (tertiary/aromatic N) is 2. The van der Waals surface area contributed by atoms with Crippen LogP contribution in [-0.2, 0) is 4.79 Å². The van der Waals surface area contributed by atoms with Gasteiger partial charge in [-0.05, 0) is 31.4 Å². The second-order valence-corrected chi connectivity index (χ2v) is 6.10. The van der Waals surface area contributed by atoms with Gasteiger partial charge in [0.15, 0.2) is 5.82 Å². The Bertz CT molecular complexity index is 723. The van der Waals surface area contributed by atoms with Crippen molar-refractivity contribution in [3.05, 3.63) is 35.7 Å². The highest BCUT2D eigenvalue weighted by Gasteiger charge is 2.21. The molecule has 0 fully saturated rings. The van der Waals surface area contributed by atoms with Crippen molar-refractivity contribution < 1.29 is 9.59 Å². The van der Waals surface area contributed by atoms with Crippen LogP contribution in [0.5, 0.6) is 0 Å². The van der Waals surface area contributed by atoms with Crippen molar-refractivity contribution in [3.63, 3.8) is 0 Å². The molecule has 0 bridgehead atoms. The van der Waals surface area contributed by atoms with Gasteiger partial charge in [0.05, 0.1) is 0 Å². The zero-order valence-electron chi connectivity index (χ0n) is 14.4. The number of aryl methyl sites for hydroxylation is 1. The van der Waals surface area contributed by atoms with E-state index in [9.17, 15) is 9.59 Å². The fourth-order valence-electron chi connectivity index (χ4n) is 2.39. The molecular weight excluding hydrogens is 306 g/mol. The second kappa shape index (κ2) is 7.72. The number of hydrogen-bond donors (Lipinski definition) is 3. The number of likely N-dealkylation sites (N-methyl/N-ethyl adjacent to an activating group) is 1. The van der Waals surface area contributed by atoms with Crippen LogP contribution in [0.25, 0.3) is 11.4 Å². The molecule has 1 aromatic carbocycles. The maximum Gasteiger partial charge on any atom is 0.251 e. The van der Waals surface area contributed by atoms with E-state index in [0.717, 1.165) is 5.56 Å². The Labute approximate surface area is 141 Å². The van der Waals surface area contributed by atoms with Crippen LogP contribution in [0.2, 0.25) is 0 Å².